The Hall–Kier alpha value is -0.650. The number of rotatable bonds is 7. The van der Waals surface area contributed by atoms with Crippen LogP contribution in [0.25, 0.3) is 0 Å². The van der Waals surface area contributed by atoms with Gasteiger partial charge in [0.2, 0.25) is 5.91 Å². The Balaban J connectivity index is 2.26. The van der Waals surface area contributed by atoms with Gasteiger partial charge in [-0.25, -0.2) is 0 Å². The largest absolute Gasteiger partial charge is 0.394 e. The normalized spacial score (nSPS) is 19.7. The molecule has 0 aliphatic carbocycles. The summed E-state index contributed by atoms with van der Waals surface area (Å²) in [7, 11) is 0. The summed E-state index contributed by atoms with van der Waals surface area (Å²) in [6.07, 6.45) is 3.08. The third kappa shape index (κ3) is 4.92. The lowest BCUT2D eigenvalue weighted by Gasteiger charge is -2.35. The van der Waals surface area contributed by atoms with Gasteiger partial charge in [-0.1, -0.05) is 6.92 Å². The fourth-order valence-corrected chi connectivity index (χ4v) is 2.21. The number of ether oxygens (including phenoxy) is 1. The molecular weight excluding hydrogens is 232 g/mol. The van der Waals surface area contributed by atoms with E-state index in [0.29, 0.717) is 6.61 Å². The van der Waals surface area contributed by atoms with Crippen molar-refractivity contribution in [3.63, 3.8) is 0 Å². The quantitative estimate of drug-likeness (QED) is 0.693. The molecule has 18 heavy (non-hydrogen) atoms. The first-order valence-electron chi connectivity index (χ1n) is 6.93. The van der Waals surface area contributed by atoms with Crippen LogP contribution in [0.1, 0.15) is 33.1 Å². The predicted molar refractivity (Wildman–Crippen MR) is 70.4 cm³/mol. The molecule has 1 atom stereocenters. The molecule has 1 rings (SSSR count). The highest BCUT2D eigenvalue weighted by molar-refractivity contribution is 5.81. The van der Waals surface area contributed by atoms with Gasteiger partial charge in [0.05, 0.1) is 25.4 Å². The number of nitrogens with zero attached hydrogens (tertiary/aromatic N) is 1. The first kappa shape index (κ1) is 15.4. The molecule has 0 saturated carbocycles. The number of hydrogen-bond donors (Lipinski definition) is 2. The molecule has 1 heterocycles. The Morgan fingerprint density at radius 1 is 1.50 bits per heavy atom. The summed E-state index contributed by atoms with van der Waals surface area (Å²) in [6.45, 7) is 7.02. The molecule has 1 saturated heterocycles. The third-order valence-electron chi connectivity index (χ3n) is 3.40. The smallest absolute Gasteiger partial charge is 0.237 e. The van der Waals surface area contributed by atoms with E-state index in [0.717, 1.165) is 38.9 Å². The highest BCUT2D eigenvalue weighted by Gasteiger charge is 2.26. The van der Waals surface area contributed by atoms with Crippen LogP contribution in [-0.2, 0) is 9.53 Å². The second-order valence-electron chi connectivity index (χ2n) is 4.80. The minimum absolute atomic E-state index is 0.0599. The summed E-state index contributed by atoms with van der Waals surface area (Å²) in [5.74, 6) is 0.117. The summed E-state index contributed by atoms with van der Waals surface area (Å²) >= 11 is 0. The van der Waals surface area contributed by atoms with E-state index in [1.165, 1.54) is 0 Å². The van der Waals surface area contributed by atoms with Gasteiger partial charge >= 0.3 is 0 Å². The van der Waals surface area contributed by atoms with E-state index in [4.69, 9.17) is 9.84 Å². The summed E-state index contributed by atoms with van der Waals surface area (Å²) in [5.41, 5.74) is 0. The van der Waals surface area contributed by atoms with Crippen LogP contribution in [0.4, 0.5) is 0 Å². The number of nitrogens with one attached hydrogen (secondary N) is 1. The van der Waals surface area contributed by atoms with E-state index in [-0.39, 0.29) is 24.7 Å². The minimum atomic E-state index is -0.0599. The number of aliphatic hydroxyl groups is 1. The van der Waals surface area contributed by atoms with E-state index in [1.54, 1.807) is 0 Å². The van der Waals surface area contributed by atoms with Gasteiger partial charge in [0.25, 0.3) is 0 Å². The SMILES string of the molecule is CCCNC(=O)C(C)N1CCC(OCCO)CC1. The summed E-state index contributed by atoms with van der Waals surface area (Å²) < 4.78 is 5.51. The molecule has 0 spiro atoms. The fourth-order valence-electron chi connectivity index (χ4n) is 2.21. The molecule has 1 amide bonds. The monoisotopic (exact) mass is 258 g/mol. The Morgan fingerprint density at radius 2 is 2.17 bits per heavy atom. The van der Waals surface area contributed by atoms with Crippen LogP contribution < -0.4 is 5.32 Å². The van der Waals surface area contributed by atoms with Crippen molar-refractivity contribution in [1.29, 1.82) is 0 Å². The van der Waals surface area contributed by atoms with Crippen LogP contribution in [0.15, 0.2) is 0 Å². The summed E-state index contributed by atoms with van der Waals surface area (Å²) in [5, 5.41) is 11.6. The standard InChI is InChI=1S/C13H26N2O3/c1-3-6-14-13(17)11(2)15-7-4-12(5-8-15)18-10-9-16/h11-12,16H,3-10H2,1-2H3,(H,14,17). The van der Waals surface area contributed by atoms with Gasteiger partial charge in [-0.2, -0.15) is 0 Å². The van der Waals surface area contributed by atoms with Crippen LogP contribution in [0.2, 0.25) is 0 Å². The van der Waals surface area contributed by atoms with Crippen LogP contribution in [-0.4, -0.2) is 60.9 Å². The molecule has 1 fully saturated rings. The lowest BCUT2D eigenvalue weighted by Crippen LogP contribution is -2.49. The van der Waals surface area contributed by atoms with Crippen LogP contribution in [0, 0.1) is 0 Å². The molecule has 5 nitrogen and oxygen atoms in total. The maximum absolute atomic E-state index is 11.8. The average molecular weight is 258 g/mol. The molecular formula is C13H26N2O3. The molecule has 0 bridgehead atoms. The van der Waals surface area contributed by atoms with E-state index in [2.05, 4.69) is 17.1 Å². The van der Waals surface area contributed by atoms with Crippen LogP contribution in [0.5, 0.6) is 0 Å². The first-order chi connectivity index (χ1) is 8.69. The van der Waals surface area contributed by atoms with E-state index >= 15 is 0 Å². The summed E-state index contributed by atoms with van der Waals surface area (Å²) in [6, 6.07) is -0.0599. The molecule has 0 radical (unpaired) electrons. The second-order valence-corrected chi connectivity index (χ2v) is 4.80. The lowest BCUT2D eigenvalue weighted by molar-refractivity contribution is -0.127. The molecule has 106 valence electrons. The van der Waals surface area contributed by atoms with Crippen molar-refractivity contribution in [2.75, 3.05) is 32.8 Å². The van der Waals surface area contributed by atoms with Crippen molar-refractivity contribution in [3.8, 4) is 0 Å². The zero-order valence-corrected chi connectivity index (χ0v) is 11.5. The van der Waals surface area contributed by atoms with E-state index < -0.39 is 0 Å². The highest BCUT2D eigenvalue weighted by Crippen LogP contribution is 2.15. The van der Waals surface area contributed by atoms with Gasteiger partial charge in [-0.05, 0) is 26.2 Å². The number of aliphatic hydroxyl groups excluding tert-OH is 1. The molecule has 0 aromatic rings. The maximum Gasteiger partial charge on any atom is 0.237 e. The van der Waals surface area contributed by atoms with Crippen molar-refractivity contribution < 1.29 is 14.6 Å². The molecule has 0 aromatic carbocycles. The van der Waals surface area contributed by atoms with E-state index in [1.807, 2.05) is 6.92 Å². The van der Waals surface area contributed by atoms with Crippen molar-refractivity contribution in [2.45, 2.75) is 45.3 Å². The molecule has 2 N–H and O–H groups in total. The lowest BCUT2D eigenvalue weighted by atomic mass is 10.1. The number of carbonyl (C=O) groups excluding carboxylic acids is 1. The number of likely N-dealkylation sites (tertiary alicyclic amines) is 1. The molecule has 1 aliphatic rings. The average Bonchev–Trinajstić information content (AvgIpc) is 2.42. The number of amides is 1. The number of hydrogen-bond acceptors (Lipinski definition) is 4. The van der Waals surface area contributed by atoms with Crippen LogP contribution >= 0.6 is 0 Å². The van der Waals surface area contributed by atoms with Crippen molar-refractivity contribution in [2.24, 2.45) is 0 Å². The molecule has 1 unspecified atom stereocenters. The van der Waals surface area contributed by atoms with Crippen molar-refractivity contribution in [1.82, 2.24) is 10.2 Å². The molecule has 1 aliphatic heterocycles. The summed E-state index contributed by atoms with van der Waals surface area (Å²) in [4.78, 5) is 14.0. The first-order valence-corrected chi connectivity index (χ1v) is 6.93. The second kappa shape index (κ2) is 8.45. The molecule has 5 heteroatoms. The Morgan fingerprint density at radius 3 is 2.72 bits per heavy atom. The zero-order chi connectivity index (χ0) is 13.4. The van der Waals surface area contributed by atoms with Gasteiger partial charge in [-0.15, -0.1) is 0 Å². The minimum Gasteiger partial charge on any atom is -0.394 e. The predicted octanol–water partition coefficient (Wildman–Crippen LogP) is 0.374. The van der Waals surface area contributed by atoms with Crippen molar-refractivity contribution >= 4 is 5.91 Å². The van der Waals surface area contributed by atoms with Gasteiger partial charge in [0, 0.05) is 19.6 Å². The third-order valence-corrected chi connectivity index (χ3v) is 3.40. The van der Waals surface area contributed by atoms with Gasteiger partial charge in [0.15, 0.2) is 0 Å². The maximum atomic E-state index is 11.8. The van der Waals surface area contributed by atoms with Gasteiger partial charge in [0.1, 0.15) is 0 Å². The topological polar surface area (TPSA) is 61.8 Å². The number of carbonyl (C=O) groups is 1. The van der Waals surface area contributed by atoms with Gasteiger partial charge < -0.3 is 15.2 Å². The van der Waals surface area contributed by atoms with Crippen LogP contribution in [0.3, 0.4) is 0 Å². The van der Waals surface area contributed by atoms with Crippen molar-refractivity contribution in [3.05, 3.63) is 0 Å². The van der Waals surface area contributed by atoms with Gasteiger partial charge in [-0.3, -0.25) is 9.69 Å². The molecule has 0 aromatic heterocycles. The highest BCUT2D eigenvalue weighted by atomic mass is 16.5. The number of piperidine rings is 1. The zero-order valence-electron chi connectivity index (χ0n) is 11.5. The Bertz CT molecular complexity index is 240. The Labute approximate surface area is 109 Å². The fraction of sp³-hybridized carbons (Fsp3) is 0.923. The Kier molecular flexibility index (Phi) is 7.23. The van der Waals surface area contributed by atoms with E-state index in [9.17, 15) is 4.79 Å².